The Bertz CT molecular complexity index is 343. The average Bonchev–Trinajstić information content (AvgIpc) is 2.86. The second-order valence-corrected chi connectivity index (χ2v) is 4.35. The Balaban J connectivity index is 1.76. The number of nitrogens with two attached hydrogens (primary N) is 1. The zero-order valence-corrected chi connectivity index (χ0v) is 9.85. The Hall–Kier alpha value is -1.40. The lowest BCUT2D eigenvalue weighted by Crippen LogP contribution is -2.45. The van der Waals surface area contributed by atoms with Crippen molar-refractivity contribution in [1.29, 1.82) is 0 Å². The molecule has 1 fully saturated rings. The molecule has 0 aliphatic carbocycles. The van der Waals surface area contributed by atoms with Crippen LogP contribution in [0.1, 0.15) is 23.3 Å². The van der Waals surface area contributed by atoms with E-state index >= 15 is 0 Å². The summed E-state index contributed by atoms with van der Waals surface area (Å²) >= 11 is 0. The minimum atomic E-state index is -0.0697. The van der Waals surface area contributed by atoms with Gasteiger partial charge in [-0.05, 0) is 18.9 Å². The third-order valence-electron chi connectivity index (χ3n) is 3.11. The molecule has 1 aliphatic heterocycles. The first-order chi connectivity index (χ1) is 8.29. The molecular formula is C11H19N5O. The number of likely N-dealkylation sites (tertiary alicyclic amines) is 1. The number of nitrogens with zero attached hydrogens (tertiary/aromatic N) is 2. The molecule has 6 heteroatoms. The lowest BCUT2D eigenvalue weighted by Gasteiger charge is -2.31. The molecule has 1 amide bonds. The fraction of sp³-hybridized carbons (Fsp3) is 0.636. The van der Waals surface area contributed by atoms with Gasteiger partial charge in [0, 0.05) is 38.4 Å². The van der Waals surface area contributed by atoms with Gasteiger partial charge in [0.1, 0.15) is 5.69 Å². The number of amides is 1. The van der Waals surface area contributed by atoms with Gasteiger partial charge in [0.15, 0.2) is 0 Å². The van der Waals surface area contributed by atoms with Crippen LogP contribution in [0, 0.1) is 0 Å². The van der Waals surface area contributed by atoms with Crippen LogP contribution in [-0.4, -0.2) is 53.2 Å². The van der Waals surface area contributed by atoms with E-state index in [1.165, 1.54) is 0 Å². The van der Waals surface area contributed by atoms with Gasteiger partial charge < -0.3 is 16.0 Å². The molecule has 17 heavy (non-hydrogen) atoms. The van der Waals surface area contributed by atoms with Crippen LogP contribution in [-0.2, 0) is 0 Å². The van der Waals surface area contributed by atoms with Crippen molar-refractivity contribution < 1.29 is 4.79 Å². The molecule has 0 spiro atoms. The fourth-order valence-electron chi connectivity index (χ4n) is 2.13. The lowest BCUT2D eigenvalue weighted by molar-refractivity contribution is 0.0907. The van der Waals surface area contributed by atoms with Crippen molar-refractivity contribution in [3.63, 3.8) is 0 Å². The standard InChI is InChI=1S/C11H19N5O/c12-4-8-16-6-2-9(3-7-16)14-11(17)10-1-5-13-15-10/h1,5,9H,2-4,6-8,12H2,(H,13,15)(H,14,17). The molecule has 0 radical (unpaired) electrons. The average molecular weight is 237 g/mol. The molecule has 0 unspecified atom stereocenters. The van der Waals surface area contributed by atoms with E-state index in [4.69, 9.17) is 5.73 Å². The predicted octanol–water partition coefficient (Wildman–Crippen LogP) is -0.437. The Labute approximate surface area is 101 Å². The molecule has 0 aromatic carbocycles. The number of carbonyl (C=O) groups is 1. The molecule has 1 saturated heterocycles. The maximum atomic E-state index is 11.8. The third kappa shape index (κ3) is 3.28. The minimum Gasteiger partial charge on any atom is -0.348 e. The van der Waals surface area contributed by atoms with Crippen molar-refractivity contribution in [3.8, 4) is 0 Å². The van der Waals surface area contributed by atoms with E-state index < -0.39 is 0 Å². The van der Waals surface area contributed by atoms with Crippen LogP contribution in [0.15, 0.2) is 12.3 Å². The quantitative estimate of drug-likeness (QED) is 0.662. The summed E-state index contributed by atoms with van der Waals surface area (Å²) in [6.07, 6.45) is 3.55. The van der Waals surface area contributed by atoms with Crippen LogP contribution >= 0.6 is 0 Å². The number of aromatic nitrogens is 2. The topological polar surface area (TPSA) is 87.0 Å². The molecule has 4 N–H and O–H groups in total. The number of rotatable bonds is 4. The fourth-order valence-corrected chi connectivity index (χ4v) is 2.13. The maximum Gasteiger partial charge on any atom is 0.269 e. The highest BCUT2D eigenvalue weighted by Crippen LogP contribution is 2.10. The largest absolute Gasteiger partial charge is 0.348 e. The predicted molar refractivity (Wildman–Crippen MR) is 64.6 cm³/mol. The lowest BCUT2D eigenvalue weighted by atomic mass is 10.0. The number of hydrogen-bond donors (Lipinski definition) is 3. The second kappa shape index (κ2) is 5.79. The summed E-state index contributed by atoms with van der Waals surface area (Å²) in [5.41, 5.74) is 6.04. The molecule has 1 aliphatic rings. The first kappa shape index (κ1) is 12.1. The maximum absolute atomic E-state index is 11.8. The first-order valence-corrected chi connectivity index (χ1v) is 6.02. The van der Waals surface area contributed by atoms with Crippen LogP contribution in [0.3, 0.4) is 0 Å². The van der Waals surface area contributed by atoms with Crippen molar-refractivity contribution in [1.82, 2.24) is 20.4 Å². The van der Waals surface area contributed by atoms with Crippen LogP contribution < -0.4 is 11.1 Å². The smallest absolute Gasteiger partial charge is 0.269 e. The van der Waals surface area contributed by atoms with Gasteiger partial charge in [-0.15, -0.1) is 0 Å². The first-order valence-electron chi connectivity index (χ1n) is 6.02. The minimum absolute atomic E-state index is 0.0697. The van der Waals surface area contributed by atoms with Gasteiger partial charge >= 0.3 is 0 Å². The molecular weight excluding hydrogens is 218 g/mol. The molecule has 1 aromatic heterocycles. The molecule has 2 heterocycles. The molecule has 6 nitrogen and oxygen atoms in total. The summed E-state index contributed by atoms with van der Waals surface area (Å²) in [4.78, 5) is 14.1. The van der Waals surface area contributed by atoms with Crippen LogP contribution in [0.2, 0.25) is 0 Å². The Kier molecular flexibility index (Phi) is 4.11. The van der Waals surface area contributed by atoms with E-state index in [1.807, 2.05) is 0 Å². The molecule has 0 atom stereocenters. The third-order valence-corrected chi connectivity index (χ3v) is 3.11. The number of aromatic amines is 1. The van der Waals surface area contributed by atoms with Gasteiger partial charge in [-0.1, -0.05) is 0 Å². The highest BCUT2D eigenvalue weighted by Gasteiger charge is 2.20. The van der Waals surface area contributed by atoms with Gasteiger partial charge in [-0.25, -0.2) is 0 Å². The second-order valence-electron chi connectivity index (χ2n) is 4.35. The molecule has 0 saturated carbocycles. The Morgan fingerprint density at radius 1 is 1.59 bits per heavy atom. The van der Waals surface area contributed by atoms with Crippen LogP contribution in [0.4, 0.5) is 0 Å². The van der Waals surface area contributed by atoms with Crippen molar-refractivity contribution >= 4 is 5.91 Å². The normalized spacial score (nSPS) is 18.2. The highest BCUT2D eigenvalue weighted by molar-refractivity contribution is 5.92. The summed E-state index contributed by atoms with van der Waals surface area (Å²) in [6, 6.07) is 1.94. The summed E-state index contributed by atoms with van der Waals surface area (Å²) in [5, 5.41) is 9.45. The van der Waals surface area contributed by atoms with Crippen LogP contribution in [0.25, 0.3) is 0 Å². The van der Waals surface area contributed by atoms with E-state index in [-0.39, 0.29) is 11.9 Å². The van der Waals surface area contributed by atoms with Crippen molar-refractivity contribution in [3.05, 3.63) is 18.0 Å². The van der Waals surface area contributed by atoms with E-state index in [0.29, 0.717) is 12.2 Å². The zero-order valence-electron chi connectivity index (χ0n) is 9.85. The number of piperidine rings is 1. The van der Waals surface area contributed by atoms with Crippen LogP contribution in [0.5, 0.6) is 0 Å². The van der Waals surface area contributed by atoms with Gasteiger partial charge in [0.2, 0.25) is 0 Å². The number of H-pyrrole nitrogens is 1. The highest BCUT2D eigenvalue weighted by atomic mass is 16.2. The van der Waals surface area contributed by atoms with Gasteiger partial charge in [0.25, 0.3) is 5.91 Å². The van der Waals surface area contributed by atoms with Gasteiger partial charge in [-0.3, -0.25) is 9.89 Å². The monoisotopic (exact) mass is 237 g/mol. The summed E-state index contributed by atoms with van der Waals surface area (Å²) in [7, 11) is 0. The Morgan fingerprint density at radius 3 is 2.94 bits per heavy atom. The van der Waals surface area contributed by atoms with E-state index in [2.05, 4.69) is 20.4 Å². The van der Waals surface area contributed by atoms with Crippen molar-refractivity contribution in [2.45, 2.75) is 18.9 Å². The molecule has 2 rings (SSSR count). The van der Waals surface area contributed by atoms with E-state index in [9.17, 15) is 4.79 Å². The van der Waals surface area contributed by atoms with Gasteiger partial charge in [-0.2, -0.15) is 5.10 Å². The van der Waals surface area contributed by atoms with E-state index in [1.54, 1.807) is 12.3 Å². The molecule has 1 aromatic rings. The number of carbonyl (C=O) groups excluding carboxylic acids is 1. The summed E-state index contributed by atoms with van der Waals surface area (Å²) < 4.78 is 0. The van der Waals surface area contributed by atoms with Crippen molar-refractivity contribution in [2.24, 2.45) is 5.73 Å². The number of hydrogen-bond acceptors (Lipinski definition) is 4. The number of nitrogens with one attached hydrogen (secondary N) is 2. The van der Waals surface area contributed by atoms with Crippen molar-refractivity contribution in [2.75, 3.05) is 26.2 Å². The summed E-state index contributed by atoms with van der Waals surface area (Å²) in [6.45, 7) is 3.66. The van der Waals surface area contributed by atoms with Gasteiger partial charge in [0.05, 0.1) is 0 Å². The summed E-state index contributed by atoms with van der Waals surface area (Å²) in [5.74, 6) is -0.0697. The zero-order chi connectivity index (χ0) is 12.1. The molecule has 94 valence electrons. The Morgan fingerprint density at radius 2 is 2.35 bits per heavy atom. The molecule has 0 bridgehead atoms. The SMILES string of the molecule is NCCN1CCC(NC(=O)c2ccn[nH]2)CC1. The van der Waals surface area contributed by atoms with E-state index in [0.717, 1.165) is 32.5 Å².